The van der Waals surface area contributed by atoms with Crippen LogP contribution in [0, 0.1) is 5.82 Å². The largest absolute Gasteiger partial charge is 0.390 e. The third-order valence-electron chi connectivity index (χ3n) is 3.66. The third kappa shape index (κ3) is 3.91. The van der Waals surface area contributed by atoms with Crippen LogP contribution in [-0.4, -0.2) is 23.4 Å². The number of halogens is 2. The zero-order valence-electron chi connectivity index (χ0n) is 11.7. The lowest BCUT2D eigenvalue weighted by Gasteiger charge is -2.36. The highest BCUT2D eigenvalue weighted by molar-refractivity contribution is 6.30. The van der Waals surface area contributed by atoms with Crippen LogP contribution in [0.25, 0.3) is 0 Å². The second kappa shape index (κ2) is 7.22. The summed E-state index contributed by atoms with van der Waals surface area (Å²) in [7, 11) is 0. The van der Waals surface area contributed by atoms with Crippen LogP contribution in [0.1, 0.15) is 39.2 Å². The molecule has 0 fully saturated rings. The molecule has 0 saturated heterocycles. The molecule has 2 nitrogen and oxygen atoms in total. The summed E-state index contributed by atoms with van der Waals surface area (Å²) in [5.74, 6) is -0.385. The van der Waals surface area contributed by atoms with Gasteiger partial charge in [0.2, 0.25) is 0 Å². The predicted octanol–water partition coefficient (Wildman–Crippen LogP) is 3.98. The van der Waals surface area contributed by atoms with E-state index in [4.69, 9.17) is 16.3 Å². The zero-order valence-corrected chi connectivity index (χ0v) is 12.5. The fourth-order valence-electron chi connectivity index (χ4n) is 2.39. The second-order valence-electron chi connectivity index (χ2n) is 4.66. The summed E-state index contributed by atoms with van der Waals surface area (Å²) in [5.41, 5.74) is -0.149. The van der Waals surface area contributed by atoms with Crippen molar-refractivity contribution in [3.05, 3.63) is 34.6 Å². The summed E-state index contributed by atoms with van der Waals surface area (Å²) >= 11 is 5.72. The number of aliphatic hydroxyl groups excluding tert-OH is 1. The van der Waals surface area contributed by atoms with E-state index in [0.29, 0.717) is 30.0 Å². The van der Waals surface area contributed by atoms with Crippen LogP contribution in [0.15, 0.2) is 18.2 Å². The molecular weight excluding hydrogens is 267 g/mol. The van der Waals surface area contributed by atoms with Crippen molar-refractivity contribution >= 4 is 11.6 Å². The van der Waals surface area contributed by atoms with E-state index in [1.807, 2.05) is 20.8 Å². The van der Waals surface area contributed by atoms with Crippen molar-refractivity contribution in [3.63, 3.8) is 0 Å². The maximum Gasteiger partial charge on any atom is 0.127 e. The summed E-state index contributed by atoms with van der Waals surface area (Å²) in [5, 5.41) is 10.8. The van der Waals surface area contributed by atoms with E-state index in [2.05, 4.69) is 0 Å². The van der Waals surface area contributed by atoms with E-state index < -0.39 is 11.7 Å². The molecule has 0 spiro atoms. The first-order valence-electron chi connectivity index (χ1n) is 6.75. The Kier molecular flexibility index (Phi) is 6.24. The van der Waals surface area contributed by atoms with E-state index >= 15 is 0 Å². The van der Waals surface area contributed by atoms with Gasteiger partial charge in [-0.2, -0.15) is 0 Å². The van der Waals surface area contributed by atoms with Crippen LogP contribution < -0.4 is 0 Å². The number of benzene rings is 1. The molecule has 0 saturated carbocycles. The first kappa shape index (κ1) is 16.4. The van der Waals surface area contributed by atoms with Gasteiger partial charge in [0, 0.05) is 18.1 Å². The number of hydrogen-bond donors (Lipinski definition) is 1. The molecule has 108 valence electrons. The van der Waals surface area contributed by atoms with Crippen molar-refractivity contribution in [2.45, 2.75) is 51.7 Å². The van der Waals surface area contributed by atoms with Crippen LogP contribution in [0.2, 0.25) is 5.02 Å². The molecule has 0 radical (unpaired) electrons. The van der Waals surface area contributed by atoms with Crippen LogP contribution in [0.3, 0.4) is 0 Å². The molecular formula is C15H22ClFO2. The SMILES string of the molecule is CCOC(CC)(CC)C(O)Cc1ccc(Cl)cc1F. The van der Waals surface area contributed by atoms with E-state index in [-0.39, 0.29) is 12.2 Å². The Labute approximate surface area is 119 Å². The lowest BCUT2D eigenvalue weighted by atomic mass is 9.86. The minimum absolute atomic E-state index is 0.227. The number of ether oxygens (including phenoxy) is 1. The molecule has 0 heterocycles. The summed E-state index contributed by atoms with van der Waals surface area (Å²) in [6.45, 7) is 6.37. The minimum atomic E-state index is -0.738. The van der Waals surface area contributed by atoms with Crippen LogP contribution in [0.4, 0.5) is 4.39 Å². The average Bonchev–Trinajstić information content (AvgIpc) is 2.39. The summed E-state index contributed by atoms with van der Waals surface area (Å²) in [4.78, 5) is 0. The predicted molar refractivity (Wildman–Crippen MR) is 76.1 cm³/mol. The molecule has 0 aliphatic carbocycles. The molecule has 1 aromatic rings. The lowest BCUT2D eigenvalue weighted by molar-refractivity contribution is -0.124. The number of rotatable bonds is 7. The molecule has 0 aliphatic rings. The zero-order chi connectivity index (χ0) is 14.5. The molecule has 1 atom stereocenters. The normalized spacial score (nSPS) is 13.6. The Morgan fingerprint density at radius 2 is 1.95 bits per heavy atom. The number of hydrogen-bond acceptors (Lipinski definition) is 2. The van der Waals surface area contributed by atoms with Gasteiger partial charge in [-0.1, -0.05) is 31.5 Å². The van der Waals surface area contributed by atoms with Crippen molar-refractivity contribution in [3.8, 4) is 0 Å². The fourth-order valence-corrected chi connectivity index (χ4v) is 2.55. The first-order valence-corrected chi connectivity index (χ1v) is 7.12. The van der Waals surface area contributed by atoms with Gasteiger partial charge in [0.05, 0.1) is 11.7 Å². The summed E-state index contributed by atoms with van der Waals surface area (Å²) < 4.78 is 19.5. The molecule has 1 N–H and O–H groups in total. The fraction of sp³-hybridized carbons (Fsp3) is 0.600. The van der Waals surface area contributed by atoms with Gasteiger partial charge < -0.3 is 9.84 Å². The topological polar surface area (TPSA) is 29.5 Å². The Hall–Kier alpha value is -0.640. The Morgan fingerprint density at radius 1 is 1.32 bits per heavy atom. The summed E-state index contributed by atoms with van der Waals surface area (Å²) in [6.07, 6.45) is 0.865. The Balaban J connectivity index is 2.89. The number of aliphatic hydroxyl groups is 1. The maximum atomic E-state index is 13.8. The van der Waals surface area contributed by atoms with Gasteiger partial charge in [-0.25, -0.2) is 4.39 Å². The second-order valence-corrected chi connectivity index (χ2v) is 5.10. The molecule has 4 heteroatoms. The minimum Gasteiger partial charge on any atom is -0.390 e. The quantitative estimate of drug-likeness (QED) is 0.822. The van der Waals surface area contributed by atoms with Crippen molar-refractivity contribution in [2.75, 3.05) is 6.61 Å². The highest BCUT2D eigenvalue weighted by Crippen LogP contribution is 2.28. The van der Waals surface area contributed by atoms with Crippen molar-refractivity contribution in [2.24, 2.45) is 0 Å². The van der Waals surface area contributed by atoms with Crippen LogP contribution >= 0.6 is 11.6 Å². The first-order chi connectivity index (χ1) is 8.99. The van der Waals surface area contributed by atoms with Gasteiger partial charge in [0.25, 0.3) is 0 Å². The Bertz CT molecular complexity index is 405. The third-order valence-corrected chi connectivity index (χ3v) is 3.90. The van der Waals surface area contributed by atoms with E-state index in [0.717, 1.165) is 0 Å². The molecule has 0 aromatic heterocycles. The van der Waals surface area contributed by atoms with E-state index in [1.54, 1.807) is 12.1 Å². The molecule has 19 heavy (non-hydrogen) atoms. The Morgan fingerprint density at radius 3 is 2.42 bits per heavy atom. The van der Waals surface area contributed by atoms with Gasteiger partial charge in [0.1, 0.15) is 5.82 Å². The van der Waals surface area contributed by atoms with Gasteiger partial charge in [-0.3, -0.25) is 0 Å². The molecule has 0 amide bonds. The molecule has 1 unspecified atom stereocenters. The highest BCUT2D eigenvalue weighted by atomic mass is 35.5. The standard InChI is InChI=1S/C15H22ClFO2/c1-4-15(5-2,19-6-3)14(18)9-11-7-8-12(16)10-13(11)17/h7-8,10,14,18H,4-6,9H2,1-3H3. The average molecular weight is 289 g/mol. The lowest BCUT2D eigenvalue weighted by Crippen LogP contribution is -2.45. The van der Waals surface area contributed by atoms with E-state index in [1.165, 1.54) is 6.07 Å². The van der Waals surface area contributed by atoms with Crippen molar-refractivity contribution < 1.29 is 14.2 Å². The monoisotopic (exact) mass is 288 g/mol. The molecule has 0 bridgehead atoms. The van der Waals surface area contributed by atoms with Gasteiger partial charge in [-0.15, -0.1) is 0 Å². The van der Waals surface area contributed by atoms with Gasteiger partial charge in [0.15, 0.2) is 0 Å². The van der Waals surface area contributed by atoms with Crippen molar-refractivity contribution in [1.82, 2.24) is 0 Å². The van der Waals surface area contributed by atoms with Crippen LogP contribution in [-0.2, 0) is 11.2 Å². The van der Waals surface area contributed by atoms with Gasteiger partial charge in [-0.05, 0) is 37.5 Å². The molecule has 0 aliphatic heterocycles. The van der Waals surface area contributed by atoms with Crippen LogP contribution in [0.5, 0.6) is 0 Å². The summed E-state index contributed by atoms with van der Waals surface area (Å²) in [6, 6.07) is 4.51. The van der Waals surface area contributed by atoms with E-state index in [9.17, 15) is 9.50 Å². The van der Waals surface area contributed by atoms with Gasteiger partial charge >= 0.3 is 0 Å². The maximum absolute atomic E-state index is 13.8. The smallest absolute Gasteiger partial charge is 0.127 e. The van der Waals surface area contributed by atoms with Crippen molar-refractivity contribution in [1.29, 1.82) is 0 Å². The molecule has 1 rings (SSSR count). The highest BCUT2D eigenvalue weighted by Gasteiger charge is 2.35. The molecule has 1 aromatic carbocycles.